The van der Waals surface area contributed by atoms with E-state index < -0.39 is 0 Å². The molecule has 1 atom stereocenters. The van der Waals surface area contributed by atoms with Crippen LogP contribution >= 0.6 is 0 Å². The molecule has 0 radical (unpaired) electrons. The summed E-state index contributed by atoms with van der Waals surface area (Å²) in [5, 5.41) is 12.1. The number of carbonyl (C=O) groups is 1. The van der Waals surface area contributed by atoms with E-state index in [0.29, 0.717) is 19.3 Å². The first-order valence-electron chi connectivity index (χ1n) is 6.73. The minimum atomic E-state index is -0.0522. The number of nitrogens with zero attached hydrogens (tertiary/aromatic N) is 1. The molecule has 0 spiro atoms. The number of amides is 1. The lowest BCUT2D eigenvalue weighted by molar-refractivity contribution is -0.122. The molecule has 1 heterocycles. The number of aliphatic hydroxyl groups excluding tert-OH is 1. The summed E-state index contributed by atoms with van der Waals surface area (Å²) in [4.78, 5) is 16.1. The molecular formula is C15H24N2O2. The summed E-state index contributed by atoms with van der Waals surface area (Å²) < 4.78 is 0. The second-order valence-corrected chi connectivity index (χ2v) is 5.82. The number of aromatic nitrogens is 1. The van der Waals surface area contributed by atoms with E-state index in [1.54, 1.807) is 6.20 Å². The molecule has 4 heteroatoms. The molecule has 0 aliphatic rings. The zero-order valence-electron chi connectivity index (χ0n) is 12.0. The van der Waals surface area contributed by atoms with Crippen LogP contribution in [0.5, 0.6) is 0 Å². The van der Waals surface area contributed by atoms with Crippen molar-refractivity contribution < 1.29 is 9.90 Å². The Morgan fingerprint density at radius 2 is 2.16 bits per heavy atom. The number of aryl methyl sites for hydroxylation is 1. The van der Waals surface area contributed by atoms with E-state index in [4.69, 9.17) is 5.11 Å². The Hall–Kier alpha value is -1.42. The third-order valence-electron chi connectivity index (χ3n) is 3.13. The van der Waals surface area contributed by atoms with Crippen molar-refractivity contribution in [3.63, 3.8) is 0 Å². The van der Waals surface area contributed by atoms with Crippen LogP contribution in [-0.2, 0) is 11.2 Å². The van der Waals surface area contributed by atoms with Crippen LogP contribution in [0.1, 0.15) is 39.3 Å². The third kappa shape index (κ3) is 5.83. The molecule has 0 fully saturated rings. The summed E-state index contributed by atoms with van der Waals surface area (Å²) >= 11 is 0. The smallest absolute Gasteiger partial charge is 0.220 e. The monoisotopic (exact) mass is 264 g/mol. The van der Waals surface area contributed by atoms with Crippen LogP contribution in [0, 0.1) is 5.41 Å². The van der Waals surface area contributed by atoms with Gasteiger partial charge in [-0.25, -0.2) is 0 Å². The van der Waals surface area contributed by atoms with Gasteiger partial charge in [0.1, 0.15) is 0 Å². The summed E-state index contributed by atoms with van der Waals surface area (Å²) in [7, 11) is 0. The minimum absolute atomic E-state index is 0.00580. The van der Waals surface area contributed by atoms with Crippen molar-refractivity contribution in [1.82, 2.24) is 10.3 Å². The van der Waals surface area contributed by atoms with Crippen LogP contribution < -0.4 is 5.32 Å². The molecule has 19 heavy (non-hydrogen) atoms. The van der Waals surface area contributed by atoms with Crippen molar-refractivity contribution in [2.24, 2.45) is 5.41 Å². The van der Waals surface area contributed by atoms with E-state index in [1.165, 1.54) is 0 Å². The van der Waals surface area contributed by atoms with Gasteiger partial charge in [0, 0.05) is 31.0 Å². The van der Waals surface area contributed by atoms with Gasteiger partial charge < -0.3 is 10.4 Å². The molecule has 0 aliphatic carbocycles. The van der Waals surface area contributed by atoms with E-state index in [-0.39, 0.29) is 24.0 Å². The van der Waals surface area contributed by atoms with Crippen molar-refractivity contribution in [3.05, 3.63) is 30.1 Å². The summed E-state index contributed by atoms with van der Waals surface area (Å²) in [6, 6.07) is 5.70. The van der Waals surface area contributed by atoms with E-state index >= 15 is 0 Å². The Kier molecular flexibility index (Phi) is 5.96. The maximum Gasteiger partial charge on any atom is 0.220 e. The van der Waals surface area contributed by atoms with E-state index in [0.717, 1.165) is 5.69 Å². The Balaban J connectivity index is 2.45. The SMILES string of the molecule is CC(C)(C)C(CCO)NC(=O)CCc1ccccn1. The fourth-order valence-electron chi connectivity index (χ4n) is 1.90. The molecule has 2 N–H and O–H groups in total. The van der Waals surface area contributed by atoms with Crippen LogP contribution in [0.3, 0.4) is 0 Å². The summed E-state index contributed by atoms with van der Waals surface area (Å²) in [5.74, 6) is 0.0130. The molecule has 0 saturated heterocycles. The Morgan fingerprint density at radius 3 is 2.68 bits per heavy atom. The first-order chi connectivity index (χ1) is 8.93. The fourth-order valence-corrected chi connectivity index (χ4v) is 1.90. The molecule has 1 amide bonds. The molecular weight excluding hydrogens is 240 g/mol. The number of hydrogen-bond acceptors (Lipinski definition) is 3. The Labute approximate surface area is 115 Å². The van der Waals surface area contributed by atoms with Gasteiger partial charge in [0.05, 0.1) is 0 Å². The third-order valence-corrected chi connectivity index (χ3v) is 3.13. The van der Waals surface area contributed by atoms with Gasteiger partial charge in [-0.1, -0.05) is 26.8 Å². The molecule has 0 aromatic carbocycles. The maximum absolute atomic E-state index is 11.9. The van der Waals surface area contributed by atoms with Crippen molar-refractivity contribution in [2.75, 3.05) is 6.61 Å². The van der Waals surface area contributed by atoms with Crippen molar-refractivity contribution in [3.8, 4) is 0 Å². The molecule has 0 aliphatic heterocycles. The van der Waals surface area contributed by atoms with Crippen LogP contribution in [0.25, 0.3) is 0 Å². The van der Waals surface area contributed by atoms with E-state index in [1.807, 2.05) is 18.2 Å². The maximum atomic E-state index is 11.9. The van der Waals surface area contributed by atoms with Crippen molar-refractivity contribution >= 4 is 5.91 Å². The minimum Gasteiger partial charge on any atom is -0.396 e. The van der Waals surface area contributed by atoms with Crippen molar-refractivity contribution in [1.29, 1.82) is 0 Å². The Bertz CT molecular complexity index is 385. The summed E-state index contributed by atoms with van der Waals surface area (Å²) in [5.41, 5.74) is 0.871. The largest absolute Gasteiger partial charge is 0.396 e. The zero-order valence-corrected chi connectivity index (χ0v) is 12.0. The number of aliphatic hydroxyl groups is 1. The predicted molar refractivity (Wildman–Crippen MR) is 75.6 cm³/mol. The Morgan fingerprint density at radius 1 is 1.42 bits per heavy atom. The highest BCUT2D eigenvalue weighted by Crippen LogP contribution is 2.21. The van der Waals surface area contributed by atoms with Gasteiger partial charge in [-0.2, -0.15) is 0 Å². The number of hydrogen-bond donors (Lipinski definition) is 2. The number of pyridine rings is 1. The highest BCUT2D eigenvalue weighted by atomic mass is 16.3. The highest BCUT2D eigenvalue weighted by Gasteiger charge is 2.25. The zero-order chi connectivity index (χ0) is 14.3. The normalized spacial score (nSPS) is 13.1. The first kappa shape index (κ1) is 15.6. The lowest BCUT2D eigenvalue weighted by Crippen LogP contribution is -2.44. The standard InChI is InChI=1S/C15H24N2O2/c1-15(2,3)13(9-11-18)17-14(19)8-7-12-6-4-5-10-16-12/h4-6,10,13,18H,7-9,11H2,1-3H3,(H,17,19). The van der Waals surface area contributed by atoms with Gasteiger partial charge in [0.15, 0.2) is 0 Å². The summed E-state index contributed by atoms with van der Waals surface area (Å²) in [6.45, 7) is 6.27. The average Bonchev–Trinajstić information content (AvgIpc) is 2.36. The molecule has 0 bridgehead atoms. The number of nitrogens with one attached hydrogen (secondary N) is 1. The summed E-state index contributed by atoms with van der Waals surface area (Å²) in [6.07, 6.45) is 3.38. The average molecular weight is 264 g/mol. The van der Waals surface area contributed by atoms with Gasteiger partial charge >= 0.3 is 0 Å². The first-order valence-corrected chi connectivity index (χ1v) is 6.73. The van der Waals surface area contributed by atoms with Gasteiger partial charge in [-0.15, -0.1) is 0 Å². The van der Waals surface area contributed by atoms with Crippen molar-refractivity contribution in [2.45, 2.75) is 46.1 Å². The molecule has 106 valence electrons. The van der Waals surface area contributed by atoms with Gasteiger partial charge in [0.25, 0.3) is 0 Å². The van der Waals surface area contributed by atoms with Crippen LogP contribution in [-0.4, -0.2) is 28.6 Å². The number of rotatable bonds is 6. The second kappa shape index (κ2) is 7.24. The van der Waals surface area contributed by atoms with Gasteiger partial charge in [-0.3, -0.25) is 9.78 Å². The van der Waals surface area contributed by atoms with Crippen LogP contribution in [0.4, 0.5) is 0 Å². The van der Waals surface area contributed by atoms with Gasteiger partial charge in [-0.05, 0) is 30.4 Å². The van der Waals surface area contributed by atoms with E-state index in [9.17, 15) is 4.79 Å². The topological polar surface area (TPSA) is 62.2 Å². The number of carbonyl (C=O) groups excluding carboxylic acids is 1. The predicted octanol–water partition coefficient (Wildman–Crippen LogP) is 1.93. The molecule has 4 nitrogen and oxygen atoms in total. The molecule has 1 rings (SSSR count). The highest BCUT2D eigenvalue weighted by molar-refractivity contribution is 5.76. The lowest BCUT2D eigenvalue weighted by atomic mass is 9.85. The van der Waals surface area contributed by atoms with Crippen LogP contribution in [0.2, 0.25) is 0 Å². The molecule has 1 aromatic rings. The van der Waals surface area contributed by atoms with E-state index in [2.05, 4.69) is 31.1 Å². The van der Waals surface area contributed by atoms with Gasteiger partial charge in [0.2, 0.25) is 5.91 Å². The molecule has 0 saturated carbocycles. The quantitative estimate of drug-likeness (QED) is 0.825. The molecule has 1 aromatic heterocycles. The lowest BCUT2D eigenvalue weighted by Gasteiger charge is -2.31. The fraction of sp³-hybridized carbons (Fsp3) is 0.600. The second-order valence-electron chi connectivity index (χ2n) is 5.82. The van der Waals surface area contributed by atoms with Crippen LogP contribution in [0.15, 0.2) is 24.4 Å². The molecule has 1 unspecified atom stereocenters.